The van der Waals surface area contributed by atoms with Crippen molar-refractivity contribution in [1.82, 2.24) is 5.43 Å². The van der Waals surface area contributed by atoms with Crippen LogP contribution in [0.5, 0.6) is 28.7 Å². The van der Waals surface area contributed by atoms with Crippen LogP contribution in [-0.2, 0) is 19.8 Å². The third-order valence-corrected chi connectivity index (χ3v) is 7.24. The van der Waals surface area contributed by atoms with E-state index in [0.29, 0.717) is 27.3 Å². The molecule has 0 aromatic heterocycles. The summed E-state index contributed by atoms with van der Waals surface area (Å²) in [6.07, 6.45) is 1.45. The fourth-order valence-electron chi connectivity index (χ4n) is 4.32. The van der Waals surface area contributed by atoms with Crippen molar-refractivity contribution in [2.75, 3.05) is 7.11 Å². The Hall–Kier alpha value is -5.28. The molecule has 0 bridgehead atoms. The van der Waals surface area contributed by atoms with Crippen molar-refractivity contribution >= 4 is 28.1 Å². The first-order chi connectivity index (χ1) is 22.0. The lowest BCUT2D eigenvalue weighted by Gasteiger charge is -2.19. The minimum Gasteiger partial charge on any atom is -0.503 e. The number of methoxy groups -OCH3 is 1. The molecule has 0 radical (unpaired) electrons. The lowest BCUT2D eigenvalue weighted by Crippen LogP contribution is -2.18. The van der Waals surface area contributed by atoms with E-state index in [4.69, 9.17) is 18.9 Å². The Kier molecular flexibility index (Phi) is 10.7. The van der Waals surface area contributed by atoms with Crippen molar-refractivity contribution in [3.05, 3.63) is 148 Å². The molecule has 0 saturated carbocycles. The highest BCUT2D eigenvalue weighted by molar-refractivity contribution is 9.10. The largest absolute Gasteiger partial charge is 0.503 e. The molecular weight excluding hydrogens is 636 g/mol. The lowest BCUT2D eigenvalue weighted by molar-refractivity contribution is 0.0953. The fourth-order valence-corrected chi connectivity index (χ4v) is 4.78. The number of phenolic OH excluding ortho intramolecular Hbond substituents is 1. The number of carbonyl (C=O) groups excluding carboxylic acids is 1. The summed E-state index contributed by atoms with van der Waals surface area (Å²) in [5.74, 6) is 0.831. The number of benzene rings is 5. The average Bonchev–Trinajstić information content (AvgIpc) is 3.08. The number of nitrogens with zero attached hydrogens (tertiary/aromatic N) is 1. The van der Waals surface area contributed by atoms with Crippen molar-refractivity contribution in [2.45, 2.75) is 19.8 Å². The number of halogens is 1. The van der Waals surface area contributed by atoms with Crippen LogP contribution >= 0.6 is 15.9 Å². The van der Waals surface area contributed by atoms with Crippen molar-refractivity contribution < 1.29 is 28.8 Å². The van der Waals surface area contributed by atoms with E-state index >= 15 is 0 Å². The molecule has 0 saturated heterocycles. The van der Waals surface area contributed by atoms with Gasteiger partial charge in [-0.05, 0) is 62.4 Å². The van der Waals surface area contributed by atoms with Crippen molar-refractivity contribution in [3.8, 4) is 28.7 Å². The molecule has 5 rings (SSSR count). The van der Waals surface area contributed by atoms with E-state index in [1.54, 1.807) is 24.3 Å². The second kappa shape index (κ2) is 15.4. The predicted octanol–water partition coefficient (Wildman–Crippen LogP) is 7.66. The van der Waals surface area contributed by atoms with E-state index in [1.807, 2.05) is 91.0 Å². The van der Waals surface area contributed by atoms with Gasteiger partial charge in [0.25, 0.3) is 5.91 Å². The van der Waals surface area contributed by atoms with E-state index in [0.717, 1.165) is 16.7 Å². The highest BCUT2D eigenvalue weighted by Gasteiger charge is 2.20. The number of nitrogens with one attached hydrogen (secondary N) is 1. The number of aromatic hydroxyl groups is 1. The number of amides is 1. The van der Waals surface area contributed by atoms with Gasteiger partial charge in [0.05, 0.1) is 17.8 Å². The topological polar surface area (TPSA) is 98.6 Å². The second-order valence-corrected chi connectivity index (χ2v) is 10.7. The summed E-state index contributed by atoms with van der Waals surface area (Å²) in [6.45, 7) is 0.772. The van der Waals surface area contributed by atoms with Crippen LogP contribution in [0.4, 0.5) is 0 Å². The molecule has 0 spiro atoms. The van der Waals surface area contributed by atoms with Gasteiger partial charge in [-0.1, -0.05) is 91.0 Å². The maximum absolute atomic E-state index is 13.4. The quantitative estimate of drug-likeness (QED) is 0.0989. The van der Waals surface area contributed by atoms with E-state index < -0.39 is 5.91 Å². The highest BCUT2D eigenvalue weighted by atomic mass is 79.9. The molecular formula is C36H31BrN2O6. The van der Waals surface area contributed by atoms with Crippen LogP contribution in [0.1, 0.15) is 32.6 Å². The van der Waals surface area contributed by atoms with Crippen LogP contribution in [0, 0.1) is 0 Å². The number of phenols is 1. The SMILES string of the molecule is COc1cc(C=NNC(=O)c2cc(OCc3ccccc3)c(OCc3ccccc3)c(OCc3ccccc3)c2)cc(Br)c1O. The Balaban J connectivity index is 1.45. The Morgan fingerprint density at radius 1 is 0.733 bits per heavy atom. The standard InChI is InChI=1S/C36H31BrN2O6/c1-42-31-18-28(17-30(37)34(31)40)21-38-39-36(41)29-19-32(43-22-25-11-5-2-6-12-25)35(45-24-27-15-9-4-10-16-27)33(20-29)44-23-26-13-7-3-8-14-26/h2-21,40H,22-24H2,1H3,(H,39,41). The van der Waals surface area contributed by atoms with Gasteiger partial charge in [-0.3, -0.25) is 4.79 Å². The lowest BCUT2D eigenvalue weighted by atomic mass is 10.1. The Morgan fingerprint density at radius 3 is 1.71 bits per heavy atom. The molecule has 0 aliphatic rings. The minimum absolute atomic E-state index is 0.0284. The summed E-state index contributed by atoms with van der Waals surface area (Å²) in [4.78, 5) is 13.4. The third-order valence-electron chi connectivity index (χ3n) is 6.63. The maximum Gasteiger partial charge on any atom is 0.271 e. The summed E-state index contributed by atoms with van der Waals surface area (Å²) in [6, 6.07) is 35.7. The van der Waals surface area contributed by atoms with E-state index in [2.05, 4.69) is 26.5 Å². The normalized spacial score (nSPS) is 10.8. The molecule has 0 aliphatic carbocycles. The summed E-state index contributed by atoms with van der Waals surface area (Å²) in [7, 11) is 1.45. The second-order valence-electron chi connectivity index (χ2n) is 9.88. The minimum atomic E-state index is -0.486. The van der Waals surface area contributed by atoms with Gasteiger partial charge < -0.3 is 24.1 Å². The summed E-state index contributed by atoms with van der Waals surface area (Å²) < 4.78 is 24.4. The molecule has 0 fully saturated rings. The zero-order valence-corrected chi connectivity index (χ0v) is 26.1. The average molecular weight is 668 g/mol. The van der Waals surface area contributed by atoms with Crippen LogP contribution in [0.3, 0.4) is 0 Å². The van der Waals surface area contributed by atoms with Crippen LogP contribution in [0.25, 0.3) is 0 Å². The maximum atomic E-state index is 13.4. The molecule has 45 heavy (non-hydrogen) atoms. The van der Waals surface area contributed by atoms with Gasteiger partial charge in [-0.15, -0.1) is 0 Å². The Bertz CT molecular complexity index is 1680. The van der Waals surface area contributed by atoms with Gasteiger partial charge in [0.2, 0.25) is 5.75 Å². The predicted molar refractivity (Wildman–Crippen MR) is 176 cm³/mol. The Labute approximate surface area is 270 Å². The zero-order chi connectivity index (χ0) is 31.4. The van der Waals surface area contributed by atoms with Crippen LogP contribution in [0.2, 0.25) is 0 Å². The first-order valence-corrected chi connectivity index (χ1v) is 14.9. The molecule has 0 aliphatic heterocycles. The van der Waals surface area contributed by atoms with Crippen LogP contribution < -0.4 is 24.4 Å². The first-order valence-electron chi connectivity index (χ1n) is 14.1. The number of hydrazone groups is 1. The third kappa shape index (κ3) is 8.64. The van der Waals surface area contributed by atoms with E-state index in [1.165, 1.54) is 13.3 Å². The smallest absolute Gasteiger partial charge is 0.271 e. The molecule has 1 amide bonds. The molecule has 5 aromatic rings. The highest BCUT2D eigenvalue weighted by Crippen LogP contribution is 2.40. The number of hydrogen-bond acceptors (Lipinski definition) is 7. The first kappa shape index (κ1) is 31.2. The molecule has 9 heteroatoms. The molecule has 228 valence electrons. The summed E-state index contributed by atoms with van der Waals surface area (Å²) >= 11 is 3.29. The number of carbonyl (C=O) groups is 1. The van der Waals surface area contributed by atoms with Gasteiger partial charge in [0.15, 0.2) is 23.0 Å². The van der Waals surface area contributed by atoms with Gasteiger partial charge in [0, 0.05) is 5.56 Å². The molecule has 5 aromatic carbocycles. The van der Waals surface area contributed by atoms with E-state index in [9.17, 15) is 9.90 Å². The number of hydrogen-bond donors (Lipinski definition) is 2. The number of rotatable bonds is 13. The van der Waals surface area contributed by atoms with Gasteiger partial charge >= 0.3 is 0 Å². The Morgan fingerprint density at radius 2 is 1.22 bits per heavy atom. The van der Waals surface area contributed by atoms with Crippen molar-refractivity contribution in [2.24, 2.45) is 5.10 Å². The van der Waals surface area contributed by atoms with Crippen molar-refractivity contribution in [1.29, 1.82) is 0 Å². The summed E-state index contributed by atoms with van der Waals surface area (Å²) in [5.41, 5.74) is 6.29. The molecule has 0 heterocycles. The van der Waals surface area contributed by atoms with Gasteiger partial charge in [-0.25, -0.2) is 5.43 Å². The van der Waals surface area contributed by atoms with Crippen LogP contribution in [0.15, 0.2) is 125 Å². The number of ether oxygens (including phenoxy) is 4. The summed E-state index contributed by atoms with van der Waals surface area (Å²) in [5, 5.41) is 14.2. The van der Waals surface area contributed by atoms with Gasteiger partial charge in [0.1, 0.15) is 19.8 Å². The zero-order valence-electron chi connectivity index (χ0n) is 24.5. The molecule has 2 N–H and O–H groups in total. The molecule has 0 unspecified atom stereocenters. The molecule has 8 nitrogen and oxygen atoms in total. The fraction of sp³-hybridized carbons (Fsp3) is 0.111. The van der Waals surface area contributed by atoms with Gasteiger partial charge in [-0.2, -0.15) is 5.10 Å². The monoisotopic (exact) mass is 666 g/mol. The van der Waals surface area contributed by atoms with E-state index in [-0.39, 0.29) is 36.9 Å². The van der Waals surface area contributed by atoms with Crippen molar-refractivity contribution in [3.63, 3.8) is 0 Å². The van der Waals surface area contributed by atoms with Crippen LogP contribution in [-0.4, -0.2) is 24.3 Å². The molecule has 0 atom stereocenters.